The molecule has 1 saturated heterocycles. The summed E-state index contributed by atoms with van der Waals surface area (Å²) in [4.78, 5) is 13.5. The number of hydrogen-bond acceptors (Lipinski definition) is 6. The molecule has 0 saturated carbocycles. The summed E-state index contributed by atoms with van der Waals surface area (Å²) < 4.78 is 15.6. The van der Waals surface area contributed by atoms with Gasteiger partial charge in [0, 0.05) is 25.8 Å². The van der Waals surface area contributed by atoms with E-state index in [4.69, 9.17) is 14.0 Å². The second-order valence-corrected chi connectivity index (χ2v) is 5.13. The summed E-state index contributed by atoms with van der Waals surface area (Å²) in [7, 11) is 1.41. The molecule has 1 unspecified atom stereocenters. The second kappa shape index (κ2) is 7.40. The average molecular weight is 282 g/mol. The second-order valence-electron chi connectivity index (χ2n) is 5.13. The van der Waals surface area contributed by atoms with Crippen LogP contribution in [0.3, 0.4) is 0 Å². The number of carbonyl (C=O) groups excluding carboxylic acids is 1. The van der Waals surface area contributed by atoms with Crippen molar-refractivity contribution in [2.24, 2.45) is 0 Å². The molecule has 1 aliphatic rings. The normalized spacial score (nSPS) is 18.6. The van der Waals surface area contributed by atoms with Gasteiger partial charge in [0.05, 0.1) is 31.9 Å². The number of ether oxygens (including phenoxy) is 2. The van der Waals surface area contributed by atoms with Crippen LogP contribution in [0.1, 0.15) is 30.7 Å². The number of carbonyl (C=O) groups is 1. The summed E-state index contributed by atoms with van der Waals surface area (Å²) >= 11 is 0. The van der Waals surface area contributed by atoms with Crippen molar-refractivity contribution in [1.29, 1.82) is 0 Å². The van der Waals surface area contributed by atoms with Gasteiger partial charge in [-0.25, -0.2) is 0 Å². The first-order chi connectivity index (χ1) is 9.67. The maximum atomic E-state index is 11.3. The Morgan fingerprint density at radius 2 is 2.45 bits per heavy atom. The highest BCUT2D eigenvalue weighted by atomic mass is 16.5. The van der Waals surface area contributed by atoms with Gasteiger partial charge in [0.1, 0.15) is 0 Å². The fourth-order valence-electron chi connectivity index (χ4n) is 2.37. The van der Waals surface area contributed by atoms with E-state index in [9.17, 15) is 4.79 Å². The molecule has 1 fully saturated rings. The lowest BCUT2D eigenvalue weighted by molar-refractivity contribution is -0.141. The van der Waals surface area contributed by atoms with Crippen molar-refractivity contribution < 1.29 is 18.8 Å². The molecule has 1 aromatic heterocycles. The number of aryl methyl sites for hydroxylation is 1. The molecule has 20 heavy (non-hydrogen) atoms. The standard InChI is InChI=1S/C14H22N2O4/c1-11-8-13(20-15-11)10-16(6-5-14(17)18-2)9-12-4-3-7-19-12/h8,12H,3-7,9-10H2,1-2H3. The van der Waals surface area contributed by atoms with Crippen LogP contribution in [0.15, 0.2) is 10.6 Å². The van der Waals surface area contributed by atoms with Gasteiger partial charge in [-0.1, -0.05) is 5.16 Å². The molecule has 0 spiro atoms. The first-order valence-corrected chi connectivity index (χ1v) is 7.00. The van der Waals surface area contributed by atoms with Gasteiger partial charge in [-0.3, -0.25) is 9.69 Å². The minimum absolute atomic E-state index is 0.198. The third kappa shape index (κ3) is 4.61. The van der Waals surface area contributed by atoms with Crippen LogP contribution in [0.4, 0.5) is 0 Å². The van der Waals surface area contributed by atoms with Crippen LogP contribution >= 0.6 is 0 Å². The maximum absolute atomic E-state index is 11.3. The molecular formula is C14H22N2O4. The summed E-state index contributed by atoms with van der Waals surface area (Å²) in [6, 6.07) is 1.92. The van der Waals surface area contributed by atoms with Gasteiger partial charge in [-0.15, -0.1) is 0 Å². The quantitative estimate of drug-likeness (QED) is 0.707. The molecule has 1 atom stereocenters. The van der Waals surface area contributed by atoms with Gasteiger partial charge >= 0.3 is 5.97 Å². The van der Waals surface area contributed by atoms with Crippen LogP contribution in [0, 0.1) is 6.92 Å². The molecule has 0 amide bonds. The molecule has 0 aromatic carbocycles. The van der Waals surface area contributed by atoms with E-state index in [-0.39, 0.29) is 12.1 Å². The molecule has 0 radical (unpaired) electrons. The van der Waals surface area contributed by atoms with Crippen molar-refractivity contribution in [3.63, 3.8) is 0 Å². The van der Waals surface area contributed by atoms with Crippen molar-refractivity contribution in [2.45, 2.75) is 38.8 Å². The number of methoxy groups -OCH3 is 1. The van der Waals surface area contributed by atoms with Gasteiger partial charge in [-0.05, 0) is 19.8 Å². The van der Waals surface area contributed by atoms with E-state index < -0.39 is 0 Å². The van der Waals surface area contributed by atoms with Crippen LogP contribution in [0.5, 0.6) is 0 Å². The zero-order chi connectivity index (χ0) is 14.4. The Bertz CT molecular complexity index is 427. The fourth-order valence-corrected chi connectivity index (χ4v) is 2.37. The van der Waals surface area contributed by atoms with Crippen molar-refractivity contribution in [3.8, 4) is 0 Å². The Morgan fingerprint density at radius 3 is 3.05 bits per heavy atom. The van der Waals surface area contributed by atoms with Crippen LogP contribution < -0.4 is 0 Å². The molecule has 2 heterocycles. The van der Waals surface area contributed by atoms with Crippen molar-refractivity contribution >= 4 is 5.97 Å². The molecule has 6 nitrogen and oxygen atoms in total. The van der Waals surface area contributed by atoms with Crippen LogP contribution in [0.2, 0.25) is 0 Å². The smallest absolute Gasteiger partial charge is 0.306 e. The lowest BCUT2D eigenvalue weighted by atomic mass is 10.2. The maximum Gasteiger partial charge on any atom is 0.306 e. The van der Waals surface area contributed by atoms with Gasteiger partial charge in [0.25, 0.3) is 0 Å². The van der Waals surface area contributed by atoms with E-state index in [2.05, 4.69) is 10.1 Å². The average Bonchev–Trinajstić information content (AvgIpc) is 3.07. The topological polar surface area (TPSA) is 64.8 Å². The molecule has 0 N–H and O–H groups in total. The summed E-state index contributed by atoms with van der Waals surface area (Å²) in [5.74, 6) is 0.612. The first-order valence-electron chi connectivity index (χ1n) is 7.00. The fraction of sp³-hybridized carbons (Fsp3) is 0.714. The van der Waals surface area contributed by atoms with E-state index in [0.717, 1.165) is 37.4 Å². The Kier molecular flexibility index (Phi) is 5.55. The number of hydrogen-bond donors (Lipinski definition) is 0. The van der Waals surface area contributed by atoms with E-state index in [1.165, 1.54) is 7.11 Å². The Labute approximate surface area is 119 Å². The van der Waals surface area contributed by atoms with Gasteiger partial charge in [0.15, 0.2) is 5.76 Å². The number of esters is 1. The third-order valence-electron chi connectivity index (χ3n) is 3.40. The summed E-state index contributed by atoms with van der Waals surface area (Å²) in [5, 5.41) is 3.89. The van der Waals surface area contributed by atoms with Crippen LogP contribution in [-0.4, -0.2) is 48.9 Å². The predicted octanol–water partition coefficient (Wildman–Crippen LogP) is 1.53. The Hall–Kier alpha value is -1.40. The highest BCUT2D eigenvalue weighted by molar-refractivity contribution is 5.69. The largest absolute Gasteiger partial charge is 0.469 e. The highest BCUT2D eigenvalue weighted by Gasteiger charge is 2.21. The predicted molar refractivity (Wildman–Crippen MR) is 72.1 cm³/mol. The SMILES string of the molecule is COC(=O)CCN(Cc1cc(C)no1)CC1CCCO1. The van der Waals surface area contributed by atoms with Gasteiger partial charge in [-0.2, -0.15) is 0 Å². The summed E-state index contributed by atoms with van der Waals surface area (Å²) in [6.07, 6.45) is 2.80. The number of aromatic nitrogens is 1. The molecule has 112 valence electrons. The Morgan fingerprint density at radius 1 is 1.60 bits per heavy atom. The van der Waals surface area contributed by atoms with E-state index in [1.54, 1.807) is 0 Å². The molecular weight excluding hydrogens is 260 g/mol. The molecule has 1 aliphatic heterocycles. The Balaban J connectivity index is 1.89. The van der Waals surface area contributed by atoms with Crippen LogP contribution in [-0.2, 0) is 20.8 Å². The summed E-state index contributed by atoms with van der Waals surface area (Å²) in [6.45, 7) is 4.80. The minimum atomic E-state index is -0.198. The molecule has 0 bridgehead atoms. The lowest BCUT2D eigenvalue weighted by Crippen LogP contribution is -2.33. The third-order valence-corrected chi connectivity index (χ3v) is 3.40. The first kappa shape index (κ1) is 15.0. The number of nitrogens with zero attached hydrogens (tertiary/aromatic N) is 2. The van der Waals surface area contributed by atoms with Crippen molar-refractivity contribution in [2.75, 3.05) is 26.8 Å². The van der Waals surface area contributed by atoms with Gasteiger partial charge < -0.3 is 14.0 Å². The molecule has 1 aromatic rings. The number of rotatable bonds is 7. The highest BCUT2D eigenvalue weighted by Crippen LogP contribution is 2.15. The zero-order valence-corrected chi connectivity index (χ0v) is 12.1. The van der Waals surface area contributed by atoms with Crippen LogP contribution in [0.25, 0.3) is 0 Å². The van der Waals surface area contributed by atoms with E-state index in [0.29, 0.717) is 19.5 Å². The van der Waals surface area contributed by atoms with E-state index >= 15 is 0 Å². The molecule has 6 heteroatoms. The van der Waals surface area contributed by atoms with Gasteiger partial charge in [0.2, 0.25) is 0 Å². The van der Waals surface area contributed by atoms with E-state index in [1.807, 2.05) is 13.0 Å². The zero-order valence-electron chi connectivity index (χ0n) is 12.1. The van der Waals surface area contributed by atoms with Crippen molar-refractivity contribution in [3.05, 3.63) is 17.5 Å². The lowest BCUT2D eigenvalue weighted by Gasteiger charge is -2.23. The monoisotopic (exact) mass is 282 g/mol. The minimum Gasteiger partial charge on any atom is -0.469 e. The molecule has 0 aliphatic carbocycles. The molecule has 2 rings (SSSR count). The summed E-state index contributed by atoms with van der Waals surface area (Å²) in [5.41, 5.74) is 0.866. The van der Waals surface area contributed by atoms with Crippen molar-refractivity contribution in [1.82, 2.24) is 10.1 Å².